The van der Waals surface area contributed by atoms with Gasteiger partial charge in [-0.3, -0.25) is 4.90 Å². The molecule has 0 spiro atoms. The van der Waals surface area contributed by atoms with Crippen molar-refractivity contribution in [3.63, 3.8) is 0 Å². The lowest BCUT2D eigenvalue weighted by molar-refractivity contribution is -0.143. The Morgan fingerprint density at radius 3 is 2.38 bits per heavy atom. The molecule has 1 aromatic carbocycles. The van der Waals surface area contributed by atoms with Crippen LogP contribution in [0, 0.1) is 23.1 Å². The third-order valence-corrected chi connectivity index (χ3v) is 9.88. The van der Waals surface area contributed by atoms with Crippen LogP contribution in [-0.2, 0) is 11.4 Å². The van der Waals surface area contributed by atoms with Crippen LogP contribution in [-0.4, -0.2) is 58.5 Å². The van der Waals surface area contributed by atoms with E-state index in [1.807, 2.05) is 6.92 Å². The summed E-state index contributed by atoms with van der Waals surface area (Å²) in [5.74, 6) is 3.58. The van der Waals surface area contributed by atoms with E-state index < -0.39 is 11.7 Å². The van der Waals surface area contributed by atoms with Crippen LogP contribution in [0.1, 0.15) is 112 Å². The van der Waals surface area contributed by atoms with E-state index in [1.54, 1.807) is 0 Å². The van der Waals surface area contributed by atoms with E-state index in [1.165, 1.54) is 24.0 Å². The van der Waals surface area contributed by atoms with Crippen molar-refractivity contribution in [3.8, 4) is 0 Å². The molecule has 2 unspecified atom stereocenters. The first kappa shape index (κ1) is 25.6. The molecule has 0 amide bonds. The van der Waals surface area contributed by atoms with Crippen molar-refractivity contribution >= 4 is 5.84 Å². The van der Waals surface area contributed by atoms with Crippen LogP contribution < -0.4 is 0 Å². The first-order chi connectivity index (χ1) is 17.7. The Kier molecular flexibility index (Phi) is 6.77. The molecule has 7 heteroatoms. The molecule has 3 saturated carbocycles. The molecule has 204 valence electrons. The number of rotatable bonds is 7. The van der Waals surface area contributed by atoms with E-state index in [0.717, 1.165) is 62.3 Å². The average molecular weight is 514 g/mol. The molecule has 2 aliphatic heterocycles. The minimum absolute atomic E-state index is 0.130. The summed E-state index contributed by atoms with van der Waals surface area (Å²) in [6.07, 6.45) is 6.70. The number of benzene rings is 1. The highest BCUT2D eigenvalue weighted by molar-refractivity contribution is 5.82. The Balaban J connectivity index is 1.18. The maximum atomic E-state index is 16.3. The summed E-state index contributed by atoms with van der Waals surface area (Å²) >= 11 is 0. The molecule has 3 aliphatic carbocycles. The van der Waals surface area contributed by atoms with Crippen LogP contribution in [0.4, 0.5) is 4.39 Å². The van der Waals surface area contributed by atoms with Gasteiger partial charge in [0.15, 0.2) is 13.0 Å². The molecule has 4 fully saturated rings. The highest BCUT2D eigenvalue weighted by Gasteiger charge is 2.46. The van der Waals surface area contributed by atoms with Crippen molar-refractivity contribution in [1.29, 1.82) is 0 Å². The Morgan fingerprint density at radius 2 is 1.78 bits per heavy atom. The molecule has 2 N–H and O–H groups in total. The standard InChI is InChI=1S/C30H44FN3O3/c1-18(2)22-15-24(22)27-21(14-23(19-4-5-19)26(28(27)31)20-6-7-20)16-33-11-8-25(32-37-17-33)34-12-9-30(3,10-13-34)29(35)36/h14,18-20,22,24,29,35-36H,4-13,15-17H2,1-3H3. The van der Waals surface area contributed by atoms with E-state index in [-0.39, 0.29) is 5.82 Å². The number of hydrogen-bond donors (Lipinski definition) is 2. The minimum atomic E-state index is -1.29. The zero-order valence-electron chi connectivity index (χ0n) is 22.8. The lowest BCUT2D eigenvalue weighted by Gasteiger charge is -2.41. The Hall–Kier alpha value is -1.70. The molecule has 0 radical (unpaired) electrons. The molecule has 1 saturated heterocycles. The van der Waals surface area contributed by atoms with Crippen LogP contribution >= 0.6 is 0 Å². The van der Waals surface area contributed by atoms with Gasteiger partial charge in [0.2, 0.25) is 0 Å². The second-order valence-electron chi connectivity index (χ2n) is 13.1. The first-order valence-corrected chi connectivity index (χ1v) is 14.6. The van der Waals surface area contributed by atoms with Gasteiger partial charge in [0.05, 0.1) is 0 Å². The first-order valence-electron chi connectivity index (χ1n) is 14.6. The topological polar surface area (TPSA) is 68.5 Å². The third-order valence-electron chi connectivity index (χ3n) is 9.88. The molecule has 2 heterocycles. The van der Waals surface area contributed by atoms with Crippen molar-refractivity contribution in [2.24, 2.45) is 22.4 Å². The van der Waals surface area contributed by atoms with Gasteiger partial charge in [-0.15, -0.1) is 0 Å². The summed E-state index contributed by atoms with van der Waals surface area (Å²) in [6, 6.07) is 2.39. The Labute approximate surface area is 220 Å². The summed E-state index contributed by atoms with van der Waals surface area (Å²) in [5, 5.41) is 23.9. The van der Waals surface area contributed by atoms with Gasteiger partial charge in [0, 0.05) is 38.0 Å². The Bertz CT molecular complexity index is 1040. The number of likely N-dealkylation sites (tertiary alicyclic amines) is 1. The smallest absolute Gasteiger partial charge is 0.171 e. The summed E-state index contributed by atoms with van der Waals surface area (Å²) in [6.45, 7) is 9.91. The second-order valence-corrected chi connectivity index (χ2v) is 13.1. The fourth-order valence-corrected chi connectivity index (χ4v) is 6.76. The van der Waals surface area contributed by atoms with Crippen molar-refractivity contribution in [3.05, 3.63) is 34.1 Å². The lowest BCUT2D eigenvalue weighted by atomic mass is 9.79. The van der Waals surface area contributed by atoms with Gasteiger partial charge in [0.25, 0.3) is 0 Å². The lowest BCUT2D eigenvalue weighted by Crippen LogP contribution is -2.46. The zero-order chi connectivity index (χ0) is 25.9. The van der Waals surface area contributed by atoms with E-state index >= 15 is 4.39 Å². The van der Waals surface area contributed by atoms with Gasteiger partial charge in [0.1, 0.15) is 11.7 Å². The van der Waals surface area contributed by atoms with Gasteiger partial charge in [-0.05, 0) is 96.8 Å². The van der Waals surface area contributed by atoms with Crippen LogP contribution in [0.25, 0.3) is 0 Å². The highest BCUT2D eigenvalue weighted by atomic mass is 19.1. The fourth-order valence-electron chi connectivity index (χ4n) is 6.76. The molecule has 2 atom stereocenters. The number of hydrogen-bond acceptors (Lipinski definition) is 6. The van der Waals surface area contributed by atoms with Crippen molar-refractivity contribution < 1.29 is 19.4 Å². The normalized spacial score (nSPS) is 28.3. The maximum absolute atomic E-state index is 16.3. The molecule has 0 aromatic heterocycles. The molecule has 6 nitrogen and oxygen atoms in total. The van der Waals surface area contributed by atoms with Crippen molar-refractivity contribution in [1.82, 2.24) is 9.80 Å². The summed E-state index contributed by atoms with van der Waals surface area (Å²) < 4.78 is 16.3. The van der Waals surface area contributed by atoms with Gasteiger partial charge in [-0.1, -0.05) is 32.0 Å². The predicted molar refractivity (Wildman–Crippen MR) is 142 cm³/mol. The number of halogens is 1. The van der Waals surface area contributed by atoms with E-state index in [4.69, 9.17) is 4.84 Å². The molecule has 1 aromatic rings. The van der Waals surface area contributed by atoms with Gasteiger partial charge in [-0.25, -0.2) is 4.39 Å². The second kappa shape index (κ2) is 9.80. The van der Waals surface area contributed by atoms with Crippen LogP contribution in [0.2, 0.25) is 0 Å². The SMILES string of the molecule is CC(C)C1CC1c1c(CN2CCC(N3CCC(C)(C(O)O)CC3)=NOC2)cc(C2CC2)c(C2CC2)c1F. The average Bonchev–Trinajstić information content (AvgIpc) is 3.68. The van der Waals surface area contributed by atoms with Gasteiger partial charge < -0.3 is 20.0 Å². The zero-order valence-corrected chi connectivity index (χ0v) is 22.8. The third kappa shape index (κ3) is 5.16. The molecular formula is C30H44FN3O3. The van der Waals surface area contributed by atoms with Crippen molar-refractivity contribution in [2.45, 2.75) is 103 Å². The van der Waals surface area contributed by atoms with E-state index in [9.17, 15) is 10.2 Å². The fraction of sp³-hybridized carbons (Fsp3) is 0.767. The van der Waals surface area contributed by atoms with E-state index in [0.29, 0.717) is 55.7 Å². The van der Waals surface area contributed by atoms with Gasteiger partial charge >= 0.3 is 0 Å². The Morgan fingerprint density at radius 1 is 1.08 bits per heavy atom. The van der Waals surface area contributed by atoms with Crippen molar-refractivity contribution in [2.75, 3.05) is 26.4 Å². The molecule has 37 heavy (non-hydrogen) atoms. The molecule has 5 aliphatic rings. The molecule has 0 bridgehead atoms. The van der Waals surface area contributed by atoms with E-state index in [2.05, 4.69) is 34.9 Å². The number of aliphatic hydroxyl groups is 2. The predicted octanol–water partition coefficient (Wildman–Crippen LogP) is 5.25. The number of oxime groups is 1. The largest absolute Gasteiger partial charge is 0.378 e. The molecular weight excluding hydrogens is 469 g/mol. The number of amidine groups is 1. The number of piperidine rings is 1. The number of aliphatic hydroxyl groups excluding tert-OH is 1. The van der Waals surface area contributed by atoms with Gasteiger partial charge in [-0.2, -0.15) is 0 Å². The monoisotopic (exact) mass is 513 g/mol. The van der Waals surface area contributed by atoms with Crippen LogP contribution in [0.3, 0.4) is 0 Å². The summed E-state index contributed by atoms with van der Waals surface area (Å²) in [5.41, 5.74) is 4.09. The summed E-state index contributed by atoms with van der Waals surface area (Å²) in [4.78, 5) is 10.3. The minimum Gasteiger partial charge on any atom is -0.378 e. The maximum Gasteiger partial charge on any atom is 0.171 e. The summed E-state index contributed by atoms with van der Waals surface area (Å²) in [7, 11) is 0. The van der Waals surface area contributed by atoms with Crippen LogP contribution in [0.5, 0.6) is 0 Å². The highest BCUT2D eigenvalue weighted by Crippen LogP contribution is 2.57. The molecule has 6 rings (SSSR count). The number of nitrogens with zero attached hydrogens (tertiary/aromatic N) is 3. The quantitative estimate of drug-likeness (QED) is 0.488. The van der Waals surface area contributed by atoms with Crippen LogP contribution in [0.15, 0.2) is 11.2 Å².